The van der Waals surface area contributed by atoms with Crippen molar-refractivity contribution in [3.05, 3.63) is 35.9 Å². The maximum atomic E-state index is 13.6. The summed E-state index contributed by atoms with van der Waals surface area (Å²) >= 11 is 0. The third-order valence-corrected chi connectivity index (χ3v) is 3.74. The molecule has 0 aliphatic heterocycles. The molecular weight excluding hydrogens is 278 g/mol. The minimum atomic E-state index is -2.72. The van der Waals surface area contributed by atoms with Crippen LogP contribution in [0.3, 0.4) is 0 Å². The molecule has 1 saturated carbocycles. The van der Waals surface area contributed by atoms with Crippen LogP contribution in [0, 0.1) is 11.8 Å². The summed E-state index contributed by atoms with van der Waals surface area (Å²) in [5.74, 6) is -4.68. The highest BCUT2D eigenvalue weighted by Gasteiger charge is 2.67. The summed E-state index contributed by atoms with van der Waals surface area (Å²) in [6.45, 7) is 2.33. The number of alkyl halides is 2. The van der Waals surface area contributed by atoms with E-state index in [2.05, 4.69) is 0 Å². The Kier molecular flexibility index (Phi) is 5.28. The number of carbonyl (C=O) groups excluding carboxylic acids is 1. The van der Waals surface area contributed by atoms with Gasteiger partial charge in [-0.1, -0.05) is 30.3 Å². The van der Waals surface area contributed by atoms with Crippen molar-refractivity contribution in [2.24, 2.45) is 11.8 Å². The van der Waals surface area contributed by atoms with Crippen molar-refractivity contribution in [2.45, 2.75) is 32.3 Å². The molecule has 0 saturated heterocycles. The first kappa shape index (κ1) is 15.9. The standard InChI is InChI=1S/C16H20F2O3/c1-2-21-15(19)9-8-13-14(16(13,17)18)11-20-10-12-6-4-3-5-7-12/h3-7,13-14H,2,8-11H2,1H3. The van der Waals surface area contributed by atoms with E-state index in [4.69, 9.17) is 9.47 Å². The summed E-state index contributed by atoms with van der Waals surface area (Å²) < 4.78 is 37.3. The molecule has 116 valence electrons. The number of esters is 1. The highest BCUT2D eigenvalue weighted by Crippen LogP contribution is 2.57. The van der Waals surface area contributed by atoms with E-state index in [1.54, 1.807) is 6.92 Å². The van der Waals surface area contributed by atoms with E-state index in [0.717, 1.165) is 5.56 Å². The van der Waals surface area contributed by atoms with Gasteiger partial charge in [0.15, 0.2) is 0 Å². The second kappa shape index (κ2) is 6.98. The Balaban J connectivity index is 1.70. The van der Waals surface area contributed by atoms with Crippen LogP contribution >= 0.6 is 0 Å². The molecule has 2 unspecified atom stereocenters. The molecule has 2 rings (SSSR count). The van der Waals surface area contributed by atoms with Gasteiger partial charge in [-0.15, -0.1) is 0 Å². The fourth-order valence-electron chi connectivity index (χ4n) is 2.47. The molecule has 1 aliphatic carbocycles. The minimum Gasteiger partial charge on any atom is -0.466 e. The van der Waals surface area contributed by atoms with Crippen LogP contribution in [0.25, 0.3) is 0 Å². The molecule has 0 heterocycles. The molecule has 2 atom stereocenters. The maximum Gasteiger partial charge on any atom is 0.305 e. The second-order valence-corrected chi connectivity index (χ2v) is 5.23. The molecule has 1 aromatic carbocycles. The third-order valence-electron chi connectivity index (χ3n) is 3.74. The summed E-state index contributed by atoms with van der Waals surface area (Å²) in [6.07, 6.45) is 0.203. The van der Waals surface area contributed by atoms with Gasteiger partial charge in [-0.25, -0.2) is 8.78 Å². The van der Waals surface area contributed by atoms with Crippen molar-refractivity contribution < 1.29 is 23.0 Å². The lowest BCUT2D eigenvalue weighted by molar-refractivity contribution is -0.143. The van der Waals surface area contributed by atoms with Gasteiger partial charge in [0.1, 0.15) is 0 Å². The van der Waals surface area contributed by atoms with Crippen molar-refractivity contribution in [2.75, 3.05) is 13.2 Å². The van der Waals surface area contributed by atoms with Gasteiger partial charge in [-0.05, 0) is 18.9 Å². The Bertz CT molecular complexity index is 462. The molecule has 0 N–H and O–H groups in total. The lowest BCUT2D eigenvalue weighted by atomic mass is 10.2. The topological polar surface area (TPSA) is 35.5 Å². The van der Waals surface area contributed by atoms with Gasteiger partial charge in [0.05, 0.1) is 25.7 Å². The van der Waals surface area contributed by atoms with Crippen LogP contribution in [0.2, 0.25) is 0 Å². The highest BCUT2D eigenvalue weighted by atomic mass is 19.3. The summed E-state index contributed by atoms with van der Waals surface area (Å²) in [7, 11) is 0. The number of carbonyl (C=O) groups is 1. The van der Waals surface area contributed by atoms with Gasteiger partial charge < -0.3 is 9.47 Å². The fourth-order valence-corrected chi connectivity index (χ4v) is 2.47. The molecule has 0 aromatic heterocycles. The van der Waals surface area contributed by atoms with Gasteiger partial charge in [-0.2, -0.15) is 0 Å². The Morgan fingerprint density at radius 3 is 2.62 bits per heavy atom. The van der Waals surface area contributed by atoms with E-state index in [0.29, 0.717) is 6.61 Å². The number of hydrogen-bond donors (Lipinski definition) is 0. The molecule has 0 radical (unpaired) electrons. The average molecular weight is 298 g/mol. The number of hydrogen-bond acceptors (Lipinski definition) is 3. The fraction of sp³-hybridized carbons (Fsp3) is 0.562. The first-order valence-electron chi connectivity index (χ1n) is 7.20. The summed E-state index contributed by atoms with van der Waals surface area (Å²) in [4.78, 5) is 11.2. The Morgan fingerprint density at radius 2 is 1.95 bits per heavy atom. The Morgan fingerprint density at radius 1 is 1.24 bits per heavy atom. The van der Waals surface area contributed by atoms with E-state index in [9.17, 15) is 13.6 Å². The normalized spacial score (nSPS) is 22.8. The monoisotopic (exact) mass is 298 g/mol. The summed E-state index contributed by atoms with van der Waals surface area (Å²) in [6, 6.07) is 9.44. The number of ether oxygens (including phenoxy) is 2. The number of benzene rings is 1. The van der Waals surface area contributed by atoms with Crippen LogP contribution in [0.15, 0.2) is 30.3 Å². The smallest absolute Gasteiger partial charge is 0.305 e. The van der Waals surface area contributed by atoms with E-state index in [1.165, 1.54) is 0 Å². The lowest BCUT2D eigenvalue weighted by Crippen LogP contribution is -2.05. The largest absolute Gasteiger partial charge is 0.466 e. The van der Waals surface area contributed by atoms with Crippen molar-refractivity contribution in [1.29, 1.82) is 0 Å². The van der Waals surface area contributed by atoms with Gasteiger partial charge in [-0.3, -0.25) is 4.79 Å². The highest BCUT2D eigenvalue weighted by molar-refractivity contribution is 5.69. The summed E-state index contributed by atoms with van der Waals surface area (Å²) in [5.41, 5.74) is 0.963. The molecular formula is C16H20F2O3. The second-order valence-electron chi connectivity index (χ2n) is 5.23. The predicted molar refractivity (Wildman–Crippen MR) is 73.9 cm³/mol. The predicted octanol–water partition coefficient (Wildman–Crippen LogP) is 3.43. The number of halogens is 2. The Hall–Kier alpha value is -1.49. The molecule has 1 aromatic rings. The zero-order valence-corrected chi connectivity index (χ0v) is 12.1. The van der Waals surface area contributed by atoms with Crippen LogP contribution in [0.4, 0.5) is 8.78 Å². The summed E-state index contributed by atoms with van der Waals surface area (Å²) in [5, 5.41) is 0. The van der Waals surface area contributed by atoms with E-state index < -0.39 is 23.7 Å². The first-order chi connectivity index (χ1) is 10.1. The zero-order valence-electron chi connectivity index (χ0n) is 12.1. The molecule has 0 bridgehead atoms. The molecule has 5 heteroatoms. The van der Waals surface area contributed by atoms with Crippen LogP contribution in [0.1, 0.15) is 25.3 Å². The molecule has 1 fully saturated rings. The average Bonchev–Trinajstić information content (AvgIpc) is 2.98. The van der Waals surface area contributed by atoms with Gasteiger partial charge in [0.25, 0.3) is 5.92 Å². The van der Waals surface area contributed by atoms with Crippen LogP contribution in [-0.4, -0.2) is 25.1 Å². The van der Waals surface area contributed by atoms with Crippen molar-refractivity contribution >= 4 is 5.97 Å². The van der Waals surface area contributed by atoms with E-state index in [-0.39, 0.29) is 26.1 Å². The minimum absolute atomic E-state index is 0.0232. The molecule has 21 heavy (non-hydrogen) atoms. The third kappa shape index (κ3) is 4.24. The Labute approximate surface area is 123 Å². The van der Waals surface area contributed by atoms with Gasteiger partial charge in [0, 0.05) is 12.3 Å². The van der Waals surface area contributed by atoms with Crippen LogP contribution in [0.5, 0.6) is 0 Å². The molecule has 1 aliphatic rings. The van der Waals surface area contributed by atoms with Crippen molar-refractivity contribution in [1.82, 2.24) is 0 Å². The van der Waals surface area contributed by atoms with Gasteiger partial charge >= 0.3 is 5.97 Å². The molecule has 0 spiro atoms. The van der Waals surface area contributed by atoms with Crippen LogP contribution in [-0.2, 0) is 20.9 Å². The SMILES string of the molecule is CCOC(=O)CCC1C(COCc2ccccc2)C1(F)F. The molecule has 0 amide bonds. The zero-order chi connectivity index (χ0) is 15.3. The van der Waals surface area contributed by atoms with E-state index >= 15 is 0 Å². The maximum absolute atomic E-state index is 13.6. The van der Waals surface area contributed by atoms with Gasteiger partial charge in [0.2, 0.25) is 0 Å². The number of rotatable bonds is 8. The molecule has 3 nitrogen and oxygen atoms in total. The first-order valence-corrected chi connectivity index (χ1v) is 7.20. The lowest BCUT2D eigenvalue weighted by Gasteiger charge is -2.03. The van der Waals surface area contributed by atoms with Crippen molar-refractivity contribution in [3.8, 4) is 0 Å². The van der Waals surface area contributed by atoms with E-state index in [1.807, 2.05) is 30.3 Å². The quantitative estimate of drug-likeness (QED) is 0.690. The van der Waals surface area contributed by atoms with Crippen LogP contribution < -0.4 is 0 Å². The van der Waals surface area contributed by atoms with Crippen molar-refractivity contribution in [3.63, 3.8) is 0 Å².